The monoisotopic (exact) mass is 323 g/mol. The molecular weight excluding hydrogens is 294 g/mol. The molecule has 0 aliphatic carbocycles. The third-order valence-electron chi connectivity index (χ3n) is 4.42. The van der Waals surface area contributed by atoms with Gasteiger partial charge in [0.15, 0.2) is 0 Å². The van der Waals surface area contributed by atoms with E-state index in [0.29, 0.717) is 25.7 Å². The van der Waals surface area contributed by atoms with Crippen LogP contribution in [0, 0.1) is 0 Å². The van der Waals surface area contributed by atoms with Gasteiger partial charge in [-0.3, -0.25) is 14.6 Å². The number of likely N-dealkylation sites (N-methyl/N-ethyl adjacent to an activating group) is 1. The molecule has 1 N–H and O–H groups in total. The van der Waals surface area contributed by atoms with Crippen LogP contribution >= 0.6 is 0 Å². The molecule has 1 aromatic rings. The Kier molecular flexibility index (Phi) is 6.62. The van der Waals surface area contributed by atoms with E-state index in [4.69, 9.17) is 4.42 Å². The summed E-state index contributed by atoms with van der Waals surface area (Å²) in [6, 6.07) is 4.12. The van der Waals surface area contributed by atoms with Crippen LogP contribution in [-0.2, 0) is 11.3 Å². The predicted molar refractivity (Wildman–Crippen MR) is 89.0 cm³/mol. The van der Waals surface area contributed by atoms with E-state index in [1.165, 1.54) is 0 Å². The van der Waals surface area contributed by atoms with Crippen LogP contribution in [0.15, 0.2) is 22.8 Å². The van der Waals surface area contributed by atoms with Gasteiger partial charge in [0, 0.05) is 39.3 Å². The number of aliphatic hydroxyl groups is 1. The lowest BCUT2D eigenvalue weighted by atomic mass is 10.1. The second-order valence-corrected chi connectivity index (χ2v) is 6.47. The topological polar surface area (TPSA) is 60.2 Å². The average Bonchev–Trinajstić information content (AvgIpc) is 3.01. The maximum atomic E-state index is 12.4. The number of hydrogen-bond acceptors (Lipinski definition) is 5. The first kappa shape index (κ1) is 18.0. The number of carbonyl (C=O) groups is 1. The van der Waals surface area contributed by atoms with Crippen LogP contribution in [0.4, 0.5) is 0 Å². The highest BCUT2D eigenvalue weighted by Gasteiger charge is 2.28. The van der Waals surface area contributed by atoms with E-state index in [0.717, 1.165) is 31.8 Å². The first-order chi connectivity index (χ1) is 11.0. The maximum absolute atomic E-state index is 12.4. The van der Waals surface area contributed by atoms with E-state index >= 15 is 0 Å². The number of hydrogen-bond donors (Lipinski definition) is 1. The van der Waals surface area contributed by atoms with Gasteiger partial charge >= 0.3 is 0 Å². The van der Waals surface area contributed by atoms with Crippen molar-refractivity contribution in [2.24, 2.45) is 0 Å². The molecule has 1 amide bonds. The maximum Gasteiger partial charge on any atom is 0.236 e. The normalized spacial score (nSPS) is 21.3. The molecule has 1 aromatic heterocycles. The fraction of sp³-hybridized carbons (Fsp3) is 0.706. The molecule has 2 rings (SSSR count). The average molecular weight is 323 g/mol. The van der Waals surface area contributed by atoms with Gasteiger partial charge in [-0.2, -0.15) is 0 Å². The Bertz CT molecular complexity index is 475. The van der Waals surface area contributed by atoms with E-state index in [1.54, 1.807) is 11.2 Å². The van der Waals surface area contributed by atoms with Crippen molar-refractivity contribution in [1.29, 1.82) is 0 Å². The molecule has 6 heteroatoms. The molecule has 0 spiro atoms. The van der Waals surface area contributed by atoms with Crippen molar-refractivity contribution >= 4 is 5.91 Å². The number of β-amino-alcohol motifs (C(OH)–C–C–N with tert-alkyl or cyclic N) is 1. The fourth-order valence-electron chi connectivity index (χ4n) is 3.10. The summed E-state index contributed by atoms with van der Waals surface area (Å²) < 4.78 is 5.29. The number of aliphatic hydroxyl groups excluding tert-OH is 1. The number of piperazine rings is 1. The van der Waals surface area contributed by atoms with Crippen molar-refractivity contribution in [3.05, 3.63) is 24.2 Å². The van der Waals surface area contributed by atoms with Crippen molar-refractivity contribution in [2.45, 2.75) is 39.0 Å². The predicted octanol–water partition coefficient (Wildman–Crippen LogP) is 1.01. The van der Waals surface area contributed by atoms with E-state index in [9.17, 15) is 9.90 Å². The quantitative estimate of drug-likeness (QED) is 0.812. The summed E-state index contributed by atoms with van der Waals surface area (Å²) in [5, 5.41) is 9.60. The highest BCUT2D eigenvalue weighted by atomic mass is 16.3. The lowest BCUT2D eigenvalue weighted by molar-refractivity contribution is -0.132. The first-order valence-corrected chi connectivity index (χ1v) is 8.40. The van der Waals surface area contributed by atoms with Crippen molar-refractivity contribution in [1.82, 2.24) is 14.7 Å². The minimum absolute atomic E-state index is 0.111. The Hall–Kier alpha value is -1.37. The van der Waals surface area contributed by atoms with Gasteiger partial charge in [-0.05, 0) is 25.5 Å². The van der Waals surface area contributed by atoms with E-state index in [-0.39, 0.29) is 12.0 Å². The molecule has 23 heavy (non-hydrogen) atoms. The van der Waals surface area contributed by atoms with Gasteiger partial charge in [0.25, 0.3) is 0 Å². The van der Waals surface area contributed by atoms with Gasteiger partial charge in [-0.1, -0.05) is 6.92 Å². The zero-order valence-corrected chi connectivity index (χ0v) is 14.4. The van der Waals surface area contributed by atoms with Crippen molar-refractivity contribution in [2.75, 3.05) is 39.8 Å². The number of rotatable bonds is 7. The van der Waals surface area contributed by atoms with Crippen molar-refractivity contribution in [3.63, 3.8) is 0 Å². The zero-order chi connectivity index (χ0) is 16.8. The van der Waals surface area contributed by atoms with Crippen LogP contribution in [0.1, 0.15) is 26.0 Å². The highest BCUT2D eigenvalue weighted by Crippen LogP contribution is 2.14. The Morgan fingerprint density at radius 3 is 2.91 bits per heavy atom. The Morgan fingerprint density at radius 1 is 1.52 bits per heavy atom. The highest BCUT2D eigenvalue weighted by molar-refractivity contribution is 5.77. The van der Waals surface area contributed by atoms with Gasteiger partial charge < -0.3 is 14.4 Å². The van der Waals surface area contributed by atoms with Crippen LogP contribution in [0.2, 0.25) is 0 Å². The van der Waals surface area contributed by atoms with E-state index in [2.05, 4.69) is 16.7 Å². The minimum atomic E-state index is -0.309. The summed E-state index contributed by atoms with van der Waals surface area (Å²) in [7, 11) is 1.81. The minimum Gasteiger partial charge on any atom is -0.467 e. The van der Waals surface area contributed by atoms with Gasteiger partial charge in [-0.25, -0.2) is 0 Å². The third kappa shape index (κ3) is 5.34. The zero-order valence-electron chi connectivity index (χ0n) is 14.4. The van der Waals surface area contributed by atoms with Crippen LogP contribution in [0.5, 0.6) is 0 Å². The van der Waals surface area contributed by atoms with E-state index < -0.39 is 0 Å². The van der Waals surface area contributed by atoms with Gasteiger partial charge in [0.2, 0.25) is 5.91 Å². The Morgan fingerprint density at radius 2 is 2.30 bits per heavy atom. The molecule has 2 atom stereocenters. The summed E-state index contributed by atoms with van der Waals surface area (Å²) in [5.41, 5.74) is 0. The van der Waals surface area contributed by atoms with Crippen LogP contribution in [0.3, 0.4) is 0 Å². The summed E-state index contributed by atoms with van der Waals surface area (Å²) >= 11 is 0. The Balaban J connectivity index is 1.82. The summed E-state index contributed by atoms with van der Waals surface area (Å²) in [5.74, 6) is 0.911. The van der Waals surface area contributed by atoms with Gasteiger partial charge in [0.05, 0.1) is 25.5 Å². The largest absolute Gasteiger partial charge is 0.467 e. The van der Waals surface area contributed by atoms with Gasteiger partial charge in [0.1, 0.15) is 5.76 Å². The molecule has 2 unspecified atom stereocenters. The van der Waals surface area contributed by atoms with Crippen LogP contribution < -0.4 is 0 Å². The molecular formula is C17H29N3O3. The molecule has 0 aromatic carbocycles. The smallest absolute Gasteiger partial charge is 0.236 e. The molecule has 1 aliphatic heterocycles. The standard InChI is InChI=1S/C17H29N3O3/c1-4-15-11-19(7-8-20(15)10-14(2)21)13-17(22)18(3)12-16-6-5-9-23-16/h5-6,9,14-15,21H,4,7-8,10-13H2,1-3H3. The summed E-state index contributed by atoms with van der Waals surface area (Å²) in [4.78, 5) is 18.6. The first-order valence-electron chi connectivity index (χ1n) is 8.40. The Labute approximate surface area is 138 Å². The number of amides is 1. The number of carbonyl (C=O) groups excluding carboxylic acids is 1. The molecule has 1 fully saturated rings. The molecule has 1 aliphatic rings. The second-order valence-electron chi connectivity index (χ2n) is 6.47. The number of furan rings is 1. The van der Waals surface area contributed by atoms with Gasteiger partial charge in [-0.15, -0.1) is 0 Å². The SMILES string of the molecule is CCC1CN(CC(=O)N(C)Cc2ccco2)CCN1CC(C)O. The van der Waals surface area contributed by atoms with Crippen LogP contribution in [0.25, 0.3) is 0 Å². The lowest BCUT2D eigenvalue weighted by Crippen LogP contribution is -2.56. The molecule has 130 valence electrons. The molecule has 2 heterocycles. The molecule has 0 saturated carbocycles. The summed E-state index contributed by atoms with van der Waals surface area (Å²) in [6.07, 6.45) is 2.34. The lowest BCUT2D eigenvalue weighted by Gasteiger charge is -2.41. The molecule has 0 bridgehead atoms. The van der Waals surface area contributed by atoms with E-state index in [1.807, 2.05) is 26.1 Å². The van der Waals surface area contributed by atoms with Crippen molar-refractivity contribution < 1.29 is 14.3 Å². The molecule has 0 radical (unpaired) electrons. The van der Waals surface area contributed by atoms with Crippen molar-refractivity contribution in [3.8, 4) is 0 Å². The molecule has 6 nitrogen and oxygen atoms in total. The number of nitrogens with zero attached hydrogens (tertiary/aromatic N) is 3. The second kappa shape index (κ2) is 8.47. The third-order valence-corrected chi connectivity index (χ3v) is 4.42. The summed E-state index contributed by atoms with van der Waals surface area (Å²) in [6.45, 7) is 8.28. The fourth-order valence-corrected chi connectivity index (χ4v) is 3.10. The molecule has 1 saturated heterocycles. The van der Waals surface area contributed by atoms with Crippen LogP contribution in [-0.4, -0.2) is 77.6 Å².